The second kappa shape index (κ2) is 6.21. The highest BCUT2D eigenvalue weighted by Gasteiger charge is 2.21. The maximum atomic E-state index is 10.1. The van der Waals surface area contributed by atoms with Crippen LogP contribution in [0, 0.1) is 5.92 Å². The van der Waals surface area contributed by atoms with E-state index in [9.17, 15) is 5.11 Å². The SMILES string of the molecule is COc1cccc(C(O)CNC2CCC(C)C2)c1. The summed E-state index contributed by atoms with van der Waals surface area (Å²) in [5.74, 6) is 1.61. The summed E-state index contributed by atoms with van der Waals surface area (Å²) in [5.41, 5.74) is 0.910. The van der Waals surface area contributed by atoms with Gasteiger partial charge in [-0.3, -0.25) is 0 Å². The first-order valence-corrected chi connectivity index (χ1v) is 6.74. The van der Waals surface area contributed by atoms with Gasteiger partial charge >= 0.3 is 0 Å². The average Bonchev–Trinajstić information content (AvgIpc) is 2.82. The number of benzene rings is 1. The van der Waals surface area contributed by atoms with Crippen LogP contribution in [0.3, 0.4) is 0 Å². The molecule has 0 spiro atoms. The number of aliphatic hydroxyl groups is 1. The summed E-state index contributed by atoms with van der Waals surface area (Å²) < 4.78 is 5.17. The maximum Gasteiger partial charge on any atom is 0.119 e. The van der Waals surface area contributed by atoms with E-state index < -0.39 is 6.10 Å². The van der Waals surface area contributed by atoms with Gasteiger partial charge in [-0.2, -0.15) is 0 Å². The Morgan fingerprint density at radius 3 is 2.94 bits per heavy atom. The number of rotatable bonds is 5. The van der Waals surface area contributed by atoms with Gasteiger partial charge in [0.1, 0.15) is 5.75 Å². The van der Waals surface area contributed by atoms with Crippen LogP contribution in [0.5, 0.6) is 5.75 Å². The Kier molecular flexibility index (Phi) is 4.61. The summed E-state index contributed by atoms with van der Waals surface area (Å²) in [4.78, 5) is 0. The van der Waals surface area contributed by atoms with Crippen LogP contribution in [-0.4, -0.2) is 24.8 Å². The molecule has 1 fully saturated rings. The molecule has 0 saturated heterocycles. The van der Waals surface area contributed by atoms with Crippen molar-refractivity contribution in [1.29, 1.82) is 0 Å². The molecule has 0 heterocycles. The van der Waals surface area contributed by atoms with Gasteiger partial charge in [-0.25, -0.2) is 0 Å². The van der Waals surface area contributed by atoms with Crippen molar-refractivity contribution in [3.8, 4) is 5.75 Å². The van der Waals surface area contributed by atoms with Crippen molar-refractivity contribution in [3.05, 3.63) is 29.8 Å². The number of hydrogen-bond donors (Lipinski definition) is 2. The summed E-state index contributed by atoms with van der Waals surface area (Å²) in [7, 11) is 1.64. The topological polar surface area (TPSA) is 41.5 Å². The third-order valence-corrected chi connectivity index (χ3v) is 3.77. The van der Waals surface area contributed by atoms with Crippen LogP contribution in [-0.2, 0) is 0 Å². The van der Waals surface area contributed by atoms with Crippen molar-refractivity contribution in [2.24, 2.45) is 5.92 Å². The highest BCUT2D eigenvalue weighted by molar-refractivity contribution is 5.29. The first-order valence-electron chi connectivity index (χ1n) is 6.74. The Labute approximate surface area is 109 Å². The van der Waals surface area contributed by atoms with E-state index in [4.69, 9.17) is 4.74 Å². The fourth-order valence-electron chi connectivity index (χ4n) is 2.64. The van der Waals surface area contributed by atoms with Crippen molar-refractivity contribution < 1.29 is 9.84 Å². The highest BCUT2D eigenvalue weighted by atomic mass is 16.5. The van der Waals surface area contributed by atoms with Gasteiger partial charge in [0.15, 0.2) is 0 Å². The number of nitrogens with one attached hydrogen (secondary N) is 1. The van der Waals surface area contributed by atoms with Gasteiger partial charge < -0.3 is 15.2 Å². The number of methoxy groups -OCH3 is 1. The third kappa shape index (κ3) is 3.47. The van der Waals surface area contributed by atoms with E-state index in [1.54, 1.807) is 7.11 Å². The minimum atomic E-state index is -0.462. The molecule has 0 aromatic heterocycles. The standard InChI is InChI=1S/C15H23NO2/c1-11-6-7-13(8-11)16-10-15(17)12-4-3-5-14(9-12)18-2/h3-5,9,11,13,15-17H,6-8,10H2,1-2H3. The van der Waals surface area contributed by atoms with Gasteiger partial charge in [0, 0.05) is 12.6 Å². The van der Waals surface area contributed by atoms with E-state index in [2.05, 4.69) is 12.2 Å². The molecule has 3 nitrogen and oxygen atoms in total. The van der Waals surface area contributed by atoms with Crippen molar-refractivity contribution in [3.63, 3.8) is 0 Å². The Bertz CT molecular complexity index is 381. The van der Waals surface area contributed by atoms with Gasteiger partial charge in [-0.05, 0) is 42.9 Å². The van der Waals surface area contributed by atoms with E-state index in [0.717, 1.165) is 17.2 Å². The molecule has 1 aromatic rings. The Morgan fingerprint density at radius 1 is 1.44 bits per heavy atom. The van der Waals surface area contributed by atoms with Crippen LogP contribution in [0.25, 0.3) is 0 Å². The zero-order chi connectivity index (χ0) is 13.0. The van der Waals surface area contributed by atoms with Crippen LogP contribution in [0.4, 0.5) is 0 Å². The van der Waals surface area contributed by atoms with Crippen LogP contribution in [0.15, 0.2) is 24.3 Å². The lowest BCUT2D eigenvalue weighted by Crippen LogP contribution is -2.30. The number of hydrogen-bond acceptors (Lipinski definition) is 3. The Morgan fingerprint density at radius 2 is 2.28 bits per heavy atom. The lowest BCUT2D eigenvalue weighted by atomic mass is 10.1. The van der Waals surface area contributed by atoms with Crippen LogP contribution in [0.2, 0.25) is 0 Å². The molecule has 18 heavy (non-hydrogen) atoms. The first kappa shape index (κ1) is 13.4. The summed E-state index contributed by atoms with van der Waals surface area (Å²) in [6, 6.07) is 8.20. The number of ether oxygens (including phenoxy) is 1. The molecule has 3 unspecified atom stereocenters. The van der Waals surface area contributed by atoms with Gasteiger partial charge in [0.05, 0.1) is 13.2 Å². The molecule has 3 heteroatoms. The minimum Gasteiger partial charge on any atom is -0.497 e. The molecule has 2 N–H and O–H groups in total. The molecule has 0 amide bonds. The van der Waals surface area contributed by atoms with E-state index >= 15 is 0 Å². The summed E-state index contributed by atoms with van der Waals surface area (Å²) in [6.45, 7) is 2.91. The molecule has 0 bridgehead atoms. The van der Waals surface area contributed by atoms with E-state index in [1.807, 2.05) is 24.3 Å². The molecule has 3 atom stereocenters. The summed E-state index contributed by atoms with van der Waals surface area (Å²) in [5, 5.41) is 13.6. The summed E-state index contributed by atoms with van der Waals surface area (Å²) in [6.07, 6.45) is 3.29. The fraction of sp³-hybridized carbons (Fsp3) is 0.600. The molecular weight excluding hydrogens is 226 g/mol. The molecule has 2 rings (SSSR count). The molecule has 1 saturated carbocycles. The van der Waals surface area contributed by atoms with E-state index in [1.165, 1.54) is 19.3 Å². The molecule has 1 aromatic carbocycles. The maximum absolute atomic E-state index is 10.1. The predicted octanol–water partition coefficient (Wildman–Crippen LogP) is 2.51. The monoisotopic (exact) mass is 249 g/mol. The van der Waals surface area contributed by atoms with Crippen molar-refractivity contribution >= 4 is 0 Å². The van der Waals surface area contributed by atoms with E-state index in [-0.39, 0.29) is 0 Å². The lowest BCUT2D eigenvalue weighted by molar-refractivity contribution is 0.169. The molecule has 1 aliphatic rings. The predicted molar refractivity (Wildman–Crippen MR) is 72.8 cm³/mol. The van der Waals surface area contributed by atoms with Crippen LogP contribution < -0.4 is 10.1 Å². The van der Waals surface area contributed by atoms with Gasteiger partial charge in [0.2, 0.25) is 0 Å². The molecular formula is C15H23NO2. The van der Waals surface area contributed by atoms with Crippen LogP contribution in [0.1, 0.15) is 37.9 Å². The number of aliphatic hydroxyl groups excluding tert-OH is 1. The van der Waals surface area contributed by atoms with Crippen molar-refractivity contribution in [1.82, 2.24) is 5.32 Å². The molecule has 0 radical (unpaired) electrons. The second-order valence-electron chi connectivity index (χ2n) is 5.32. The average molecular weight is 249 g/mol. The Balaban J connectivity index is 1.85. The fourth-order valence-corrected chi connectivity index (χ4v) is 2.64. The second-order valence-corrected chi connectivity index (χ2v) is 5.32. The quantitative estimate of drug-likeness (QED) is 0.842. The molecule has 100 valence electrons. The zero-order valence-electron chi connectivity index (χ0n) is 11.2. The molecule has 1 aliphatic carbocycles. The third-order valence-electron chi connectivity index (χ3n) is 3.77. The minimum absolute atomic E-state index is 0.462. The van der Waals surface area contributed by atoms with Gasteiger partial charge in [-0.15, -0.1) is 0 Å². The van der Waals surface area contributed by atoms with Gasteiger partial charge in [-0.1, -0.05) is 19.1 Å². The summed E-state index contributed by atoms with van der Waals surface area (Å²) >= 11 is 0. The van der Waals surface area contributed by atoms with Crippen molar-refractivity contribution in [2.45, 2.75) is 38.3 Å². The highest BCUT2D eigenvalue weighted by Crippen LogP contribution is 2.25. The zero-order valence-corrected chi connectivity index (χ0v) is 11.2. The first-order chi connectivity index (χ1) is 8.69. The Hall–Kier alpha value is -1.06. The molecule has 0 aliphatic heterocycles. The smallest absolute Gasteiger partial charge is 0.119 e. The van der Waals surface area contributed by atoms with Crippen molar-refractivity contribution in [2.75, 3.05) is 13.7 Å². The normalized spacial score (nSPS) is 25.1. The van der Waals surface area contributed by atoms with Gasteiger partial charge in [0.25, 0.3) is 0 Å². The lowest BCUT2D eigenvalue weighted by Gasteiger charge is -2.17. The largest absolute Gasteiger partial charge is 0.497 e. The van der Waals surface area contributed by atoms with E-state index in [0.29, 0.717) is 12.6 Å². The van der Waals surface area contributed by atoms with Crippen LogP contribution >= 0.6 is 0 Å².